The molecule has 2 amide bonds. The molecule has 0 saturated carbocycles. The van der Waals surface area contributed by atoms with E-state index in [4.69, 9.17) is 5.73 Å². The van der Waals surface area contributed by atoms with Crippen LogP contribution >= 0.6 is 0 Å². The van der Waals surface area contributed by atoms with Gasteiger partial charge in [0.1, 0.15) is 11.9 Å². The SMILES string of the molecule is CCn1nccc1N1CCC[C@H](NS(=O)(=O)c2cccc(C(N)=O)c2)C1=O. The van der Waals surface area contributed by atoms with Gasteiger partial charge in [-0.3, -0.25) is 14.5 Å². The Hall–Kier alpha value is -2.72. The fourth-order valence-electron chi connectivity index (χ4n) is 3.08. The number of amides is 2. The third-order valence-corrected chi connectivity index (χ3v) is 5.90. The third-order valence-electron chi connectivity index (χ3n) is 4.44. The Bertz CT molecular complexity index is 969. The molecular weight excluding hydrogens is 370 g/mol. The average molecular weight is 391 g/mol. The number of aromatic nitrogens is 2. The van der Waals surface area contributed by atoms with E-state index in [1.165, 1.54) is 24.3 Å². The van der Waals surface area contributed by atoms with Crippen molar-refractivity contribution < 1.29 is 18.0 Å². The molecule has 0 spiro atoms. The minimum absolute atomic E-state index is 0.0846. The highest BCUT2D eigenvalue weighted by atomic mass is 32.2. The summed E-state index contributed by atoms with van der Waals surface area (Å²) < 4.78 is 29.5. The number of hydrogen-bond donors (Lipinski definition) is 2. The van der Waals surface area contributed by atoms with Crippen LogP contribution in [0.2, 0.25) is 0 Å². The number of primary amides is 1. The molecule has 3 N–H and O–H groups in total. The number of sulfonamides is 1. The van der Waals surface area contributed by atoms with Crippen molar-refractivity contribution >= 4 is 27.7 Å². The van der Waals surface area contributed by atoms with Crippen LogP contribution in [-0.2, 0) is 21.4 Å². The number of rotatable bonds is 6. The summed E-state index contributed by atoms with van der Waals surface area (Å²) in [6.45, 7) is 3.01. The van der Waals surface area contributed by atoms with Gasteiger partial charge in [-0.25, -0.2) is 13.1 Å². The summed E-state index contributed by atoms with van der Waals surface area (Å²) in [7, 11) is -3.98. The van der Waals surface area contributed by atoms with Crippen molar-refractivity contribution in [3.8, 4) is 0 Å². The minimum Gasteiger partial charge on any atom is -0.366 e. The second-order valence-corrected chi connectivity index (χ2v) is 7.92. The minimum atomic E-state index is -3.98. The molecule has 1 aromatic carbocycles. The number of carbonyl (C=O) groups is 2. The first-order valence-electron chi connectivity index (χ1n) is 8.59. The lowest BCUT2D eigenvalue weighted by molar-refractivity contribution is -0.121. The van der Waals surface area contributed by atoms with Gasteiger partial charge in [-0.15, -0.1) is 0 Å². The molecule has 1 aromatic heterocycles. The third kappa shape index (κ3) is 3.86. The molecule has 0 unspecified atom stereocenters. The Morgan fingerprint density at radius 3 is 2.85 bits per heavy atom. The van der Waals surface area contributed by atoms with Gasteiger partial charge < -0.3 is 5.73 Å². The van der Waals surface area contributed by atoms with Gasteiger partial charge in [0.25, 0.3) is 0 Å². The number of nitrogens with two attached hydrogens (primary N) is 1. The highest BCUT2D eigenvalue weighted by Gasteiger charge is 2.34. The number of anilines is 1. The average Bonchev–Trinajstić information content (AvgIpc) is 3.12. The Morgan fingerprint density at radius 1 is 1.37 bits per heavy atom. The van der Waals surface area contributed by atoms with Gasteiger partial charge in [0.2, 0.25) is 21.8 Å². The zero-order valence-electron chi connectivity index (χ0n) is 14.8. The second kappa shape index (κ2) is 7.49. The highest BCUT2D eigenvalue weighted by molar-refractivity contribution is 7.89. The first-order chi connectivity index (χ1) is 12.8. The number of nitrogens with one attached hydrogen (secondary N) is 1. The normalized spacial score (nSPS) is 17.9. The standard InChI is InChI=1S/C17H21N5O4S/c1-2-22-15(8-9-19-22)21-10-4-7-14(17(21)24)20-27(25,26)13-6-3-5-12(11-13)16(18)23/h3,5-6,8-9,11,14,20H,2,4,7,10H2,1H3,(H2,18,23)/t14-/m0/s1. The first-order valence-corrected chi connectivity index (χ1v) is 10.1. The second-order valence-electron chi connectivity index (χ2n) is 6.20. The van der Waals surface area contributed by atoms with Crippen LogP contribution in [0.5, 0.6) is 0 Å². The zero-order valence-corrected chi connectivity index (χ0v) is 15.6. The van der Waals surface area contributed by atoms with Crippen molar-refractivity contribution in [3.05, 3.63) is 42.1 Å². The Balaban J connectivity index is 1.83. The number of nitrogens with zero attached hydrogens (tertiary/aromatic N) is 3. The molecule has 1 aliphatic heterocycles. The van der Waals surface area contributed by atoms with E-state index in [1.54, 1.807) is 21.8 Å². The predicted molar refractivity (Wildman–Crippen MR) is 98.6 cm³/mol. The predicted octanol–water partition coefficient (Wildman–Crippen LogP) is 0.476. The van der Waals surface area contributed by atoms with Crippen molar-refractivity contribution in [1.29, 1.82) is 0 Å². The van der Waals surface area contributed by atoms with Crippen LogP contribution in [0.1, 0.15) is 30.1 Å². The van der Waals surface area contributed by atoms with E-state index in [0.29, 0.717) is 31.7 Å². The van der Waals surface area contributed by atoms with Crippen LogP contribution in [-0.4, -0.2) is 42.6 Å². The molecule has 0 aliphatic carbocycles. The summed E-state index contributed by atoms with van der Waals surface area (Å²) in [4.78, 5) is 25.6. The van der Waals surface area contributed by atoms with E-state index in [9.17, 15) is 18.0 Å². The summed E-state index contributed by atoms with van der Waals surface area (Å²) in [6.07, 6.45) is 2.65. The van der Waals surface area contributed by atoms with Gasteiger partial charge in [-0.2, -0.15) is 9.82 Å². The fraction of sp³-hybridized carbons (Fsp3) is 0.353. The molecule has 2 heterocycles. The van der Waals surface area contributed by atoms with Gasteiger partial charge in [0, 0.05) is 24.7 Å². The van der Waals surface area contributed by atoms with Crippen LogP contribution in [0.15, 0.2) is 41.4 Å². The maximum Gasteiger partial charge on any atom is 0.248 e. The molecule has 144 valence electrons. The van der Waals surface area contributed by atoms with Crippen molar-refractivity contribution in [2.24, 2.45) is 5.73 Å². The summed E-state index contributed by atoms with van der Waals surface area (Å²) in [5.41, 5.74) is 5.29. The lowest BCUT2D eigenvalue weighted by Gasteiger charge is -2.32. The number of carbonyl (C=O) groups excluding carboxylic acids is 2. The van der Waals surface area contributed by atoms with Crippen LogP contribution < -0.4 is 15.4 Å². The van der Waals surface area contributed by atoms with Crippen LogP contribution in [0.25, 0.3) is 0 Å². The van der Waals surface area contributed by atoms with Crippen LogP contribution in [0.4, 0.5) is 5.82 Å². The number of benzene rings is 1. The smallest absolute Gasteiger partial charge is 0.248 e. The van der Waals surface area contributed by atoms with Crippen molar-refractivity contribution in [2.45, 2.75) is 37.2 Å². The molecule has 3 rings (SSSR count). The van der Waals surface area contributed by atoms with E-state index in [0.717, 1.165) is 0 Å². The molecule has 27 heavy (non-hydrogen) atoms. The molecular formula is C17H21N5O4S. The zero-order chi connectivity index (χ0) is 19.6. The van der Waals surface area contributed by atoms with Crippen molar-refractivity contribution in [3.63, 3.8) is 0 Å². The van der Waals surface area contributed by atoms with E-state index in [2.05, 4.69) is 9.82 Å². The Morgan fingerprint density at radius 2 is 2.15 bits per heavy atom. The fourth-order valence-corrected chi connectivity index (χ4v) is 4.35. The van der Waals surface area contributed by atoms with E-state index in [1.807, 2.05) is 6.92 Å². The topological polar surface area (TPSA) is 127 Å². The summed E-state index contributed by atoms with van der Waals surface area (Å²) >= 11 is 0. The molecule has 10 heteroatoms. The van der Waals surface area contributed by atoms with E-state index < -0.39 is 22.0 Å². The van der Waals surface area contributed by atoms with Crippen LogP contribution in [0.3, 0.4) is 0 Å². The quantitative estimate of drug-likeness (QED) is 0.740. The van der Waals surface area contributed by atoms with Gasteiger partial charge in [-0.1, -0.05) is 6.07 Å². The van der Waals surface area contributed by atoms with E-state index in [-0.39, 0.29) is 16.4 Å². The molecule has 9 nitrogen and oxygen atoms in total. The summed E-state index contributed by atoms with van der Waals surface area (Å²) in [5, 5.41) is 4.16. The van der Waals surface area contributed by atoms with Crippen LogP contribution in [0, 0.1) is 0 Å². The van der Waals surface area contributed by atoms with Gasteiger partial charge in [0.15, 0.2) is 0 Å². The van der Waals surface area contributed by atoms with Gasteiger partial charge in [0.05, 0.1) is 11.1 Å². The molecule has 1 aliphatic rings. The van der Waals surface area contributed by atoms with Gasteiger partial charge >= 0.3 is 0 Å². The maximum absolute atomic E-state index is 12.9. The number of hydrogen-bond acceptors (Lipinski definition) is 5. The highest BCUT2D eigenvalue weighted by Crippen LogP contribution is 2.22. The summed E-state index contributed by atoms with van der Waals surface area (Å²) in [5.74, 6) is -0.409. The van der Waals surface area contributed by atoms with Gasteiger partial charge in [-0.05, 0) is 38.0 Å². The monoisotopic (exact) mass is 391 g/mol. The number of aryl methyl sites for hydroxylation is 1. The number of piperidine rings is 1. The van der Waals surface area contributed by atoms with Crippen molar-refractivity contribution in [2.75, 3.05) is 11.4 Å². The van der Waals surface area contributed by atoms with E-state index >= 15 is 0 Å². The lowest BCUT2D eigenvalue weighted by Crippen LogP contribution is -2.52. The summed E-state index contributed by atoms with van der Waals surface area (Å²) in [6, 6.07) is 6.26. The molecule has 0 bridgehead atoms. The molecule has 1 saturated heterocycles. The lowest BCUT2D eigenvalue weighted by atomic mass is 10.1. The Kier molecular flexibility index (Phi) is 5.29. The largest absolute Gasteiger partial charge is 0.366 e. The maximum atomic E-state index is 12.9. The molecule has 1 atom stereocenters. The first kappa shape index (κ1) is 19.1. The van der Waals surface area contributed by atoms with Crippen molar-refractivity contribution in [1.82, 2.24) is 14.5 Å². The molecule has 0 radical (unpaired) electrons. The Labute approximate surface area is 157 Å². The molecule has 1 fully saturated rings. The molecule has 2 aromatic rings.